The third-order valence-corrected chi connectivity index (χ3v) is 10.2. The number of oxazole rings is 1. The van der Waals surface area contributed by atoms with Gasteiger partial charge in [0.1, 0.15) is 6.61 Å². The third-order valence-electron chi connectivity index (χ3n) is 9.04. The topological polar surface area (TPSA) is 90.3 Å². The molecule has 2 aliphatic rings. The average Bonchev–Trinajstić information content (AvgIpc) is 3.72. The number of nitrogens with zero attached hydrogens (tertiary/aromatic N) is 3. The Hall–Kier alpha value is -5.87. The molecule has 258 valence electrons. The van der Waals surface area contributed by atoms with Gasteiger partial charge in [-0.15, -0.1) is 11.8 Å². The molecule has 5 aromatic carbocycles. The van der Waals surface area contributed by atoms with Crippen molar-refractivity contribution in [1.29, 1.82) is 0 Å². The standard InChI is InChI=1S/C43H36N3O5S/c47-25-23-44-36-15-7-9-17-38(36)50-40(44)27-34-42(49)35(28-41-45(24-26-48)37-16-8-10-18-39(37)51-41)43(34)52-29-30-19-21-33(22-20-30)46(31-11-3-1-4-12-31)32-13-5-2-6-14-32/h1-22,27-28,47-48H,23-26,29H2/q+1. The molecular weight excluding hydrogens is 671 g/mol. The fraction of sp³-hybridized carbons (Fsp3) is 0.116. The van der Waals surface area contributed by atoms with Crippen LogP contribution in [-0.4, -0.2) is 35.8 Å². The Morgan fingerprint density at radius 2 is 1.38 bits per heavy atom. The Morgan fingerprint density at radius 1 is 0.731 bits per heavy atom. The van der Waals surface area contributed by atoms with Gasteiger partial charge >= 0.3 is 5.89 Å². The van der Waals surface area contributed by atoms with Crippen LogP contribution in [-0.2, 0) is 17.1 Å². The zero-order valence-corrected chi connectivity index (χ0v) is 29.1. The lowest BCUT2D eigenvalue weighted by atomic mass is 9.89. The first kappa shape index (κ1) is 33.3. The van der Waals surface area contributed by atoms with Crippen LogP contribution in [0.5, 0.6) is 5.75 Å². The molecule has 0 amide bonds. The van der Waals surface area contributed by atoms with E-state index in [1.54, 1.807) is 23.9 Å². The summed E-state index contributed by atoms with van der Waals surface area (Å²) < 4.78 is 14.3. The number of rotatable bonds is 12. The summed E-state index contributed by atoms with van der Waals surface area (Å²) in [6.07, 6.45) is 3.55. The minimum Gasteiger partial charge on any atom is -0.439 e. The second kappa shape index (κ2) is 14.8. The molecule has 52 heavy (non-hydrogen) atoms. The molecule has 2 heterocycles. The maximum absolute atomic E-state index is 14.0. The van der Waals surface area contributed by atoms with Crippen molar-refractivity contribution in [3.8, 4) is 5.75 Å². The van der Waals surface area contributed by atoms with E-state index in [1.807, 2.05) is 94.4 Å². The van der Waals surface area contributed by atoms with Crippen molar-refractivity contribution < 1.29 is 28.7 Å². The summed E-state index contributed by atoms with van der Waals surface area (Å²) in [6.45, 7) is 0.497. The molecule has 6 aromatic rings. The highest BCUT2D eigenvalue weighted by atomic mass is 32.2. The summed E-state index contributed by atoms with van der Waals surface area (Å²) in [5.41, 5.74) is 7.68. The van der Waals surface area contributed by atoms with Gasteiger partial charge in [-0.05, 0) is 60.2 Å². The van der Waals surface area contributed by atoms with E-state index in [2.05, 4.69) is 53.4 Å². The van der Waals surface area contributed by atoms with Gasteiger partial charge in [-0.1, -0.05) is 72.8 Å². The molecular formula is C43H36N3O5S+. The molecule has 0 atom stereocenters. The van der Waals surface area contributed by atoms with Gasteiger partial charge in [0.05, 0.1) is 18.4 Å². The summed E-state index contributed by atoms with van der Waals surface area (Å²) >= 11 is 1.58. The molecule has 0 radical (unpaired) electrons. The molecule has 8 nitrogen and oxygen atoms in total. The number of benzene rings is 5. The lowest BCUT2D eigenvalue weighted by molar-refractivity contribution is -0.679. The fourth-order valence-corrected chi connectivity index (χ4v) is 7.70. The van der Waals surface area contributed by atoms with Gasteiger partial charge in [-0.3, -0.25) is 4.79 Å². The number of hydrogen-bond donors (Lipinski definition) is 2. The van der Waals surface area contributed by atoms with Crippen molar-refractivity contribution >= 4 is 57.5 Å². The van der Waals surface area contributed by atoms with Crippen LogP contribution in [0.25, 0.3) is 17.2 Å². The lowest BCUT2D eigenvalue weighted by Gasteiger charge is -2.26. The Labute approximate surface area is 305 Å². The number of ether oxygens (including phenoxy) is 1. The number of allylic oxidation sites excluding steroid dienone is 3. The van der Waals surface area contributed by atoms with Crippen LogP contribution in [0, 0.1) is 0 Å². The maximum atomic E-state index is 14.0. The maximum Gasteiger partial charge on any atom is 0.374 e. The number of Topliss-reactive ketones (excluding diaryl/α,β-unsaturated/α-hetero) is 1. The second-order valence-electron chi connectivity index (χ2n) is 12.3. The van der Waals surface area contributed by atoms with E-state index in [4.69, 9.17) is 9.15 Å². The number of anilines is 4. The van der Waals surface area contributed by atoms with Crippen LogP contribution in [0.1, 0.15) is 11.5 Å². The van der Waals surface area contributed by atoms with Crippen molar-refractivity contribution in [2.24, 2.45) is 0 Å². The fourth-order valence-electron chi connectivity index (χ4n) is 6.58. The Bertz CT molecular complexity index is 2290. The molecule has 0 unspecified atom stereocenters. The average molecular weight is 707 g/mol. The van der Waals surface area contributed by atoms with E-state index in [0.717, 1.165) is 38.7 Å². The minimum atomic E-state index is -0.133. The smallest absolute Gasteiger partial charge is 0.374 e. The number of aliphatic hydroxyl groups is 2. The number of aromatic nitrogens is 1. The van der Waals surface area contributed by atoms with Crippen LogP contribution in [0.4, 0.5) is 22.7 Å². The molecule has 0 spiro atoms. The van der Waals surface area contributed by atoms with Gasteiger partial charge in [-0.25, -0.2) is 0 Å². The van der Waals surface area contributed by atoms with Gasteiger partial charge in [0.25, 0.3) is 5.52 Å². The quantitative estimate of drug-likeness (QED) is 0.0976. The summed E-state index contributed by atoms with van der Waals surface area (Å²) in [5, 5.41) is 19.7. The second-order valence-corrected chi connectivity index (χ2v) is 13.3. The van der Waals surface area contributed by atoms with Crippen LogP contribution >= 0.6 is 11.8 Å². The number of para-hydroxylation sites is 6. The molecule has 2 N–H and O–H groups in total. The number of β-amino-alcohol motifs (C(OH)–C–C–N with tert-alkyl or cyclic N) is 1. The molecule has 0 saturated heterocycles. The number of aliphatic hydroxyl groups excluding tert-OH is 2. The van der Waals surface area contributed by atoms with Crippen molar-refractivity contribution in [2.45, 2.75) is 12.3 Å². The zero-order chi connectivity index (χ0) is 35.4. The first-order chi connectivity index (χ1) is 25.6. The van der Waals surface area contributed by atoms with E-state index in [-0.39, 0.29) is 19.0 Å². The van der Waals surface area contributed by atoms with E-state index >= 15 is 0 Å². The van der Waals surface area contributed by atoms with Crippen LogP contribution in [0.15, 0.2) is 166 Å². The van der Waals surface area contributed by atoms with Crippen LogP contribution < -0.4 is 19.1 Å². The number of fused-ring (bicyclic) bond motifs is 2. The molecule has 8 rings (SSSR count). The van der Waals surface area contributed by atoms with Crippen molar-refractivity contribution in [1.82, 2.24) is 0 Å². The van der Waals surface area contributed by atoms with E-state index < -0.39 is 0 Å². The number of carbonyl (C=O) groups is 1. The van der Waals surface area contributed by atoms with Crippen LogP contribution in [0.2, 0.25) is 0 Å². The van der Waals surface area contributed by atoms with Gasteiger partial charge in [-0.2, -0.15) is 4.57 Å². The first-order valence-corrected chi connectivity index (χ1v) is 18.1. The Kier molecular flexibility index (Phi) is 9.46. The number of hydrogen-bond acceptors (Lipinski definition) is 8. The van der Waals surface area contributed by atoms with E-state index in [1.165, 1.54) is 0 Å². The van der Waals surface area contributed by atoms with Crippen molar-refractivity contribution in [2.75, 3.05) is 29.6 Å². The monoisotopic (exact) mass is 706 g/mol. The third kappa shape index (κ3) is 6.41. The molecule has 0 fully saturated rings. The van der Waals surface area contributed by atoms with Gasteiger partial charge < -0.3 is 29.2 Å². The summed E-state index contributed by atoms with van der Waals surface area (Å²) in [5.74, 6) is 2.13. The minimum absolute atomic E-state index is 0.0757. The van der Waals surface area contributed by atoms with Crippen LogP contribution in [0.3, 0.4) is 0 Å². The number of thioether (sulfide) groups is 1. The molecule has 0 saturated carbocycles. The largest absolute Gasteiger partial charge is 0.439 e. The van der Waals surface area contributed by atoms with Gasteiger partial charge in [0.2, 0.25) is 11.5 Å². The lowest BCUT2D eigenvalue weighted by Crippen LogP contribution is -2.37. The highest BCUT2D eigenvalue weighted by Gasteiger charge is 2.37. The predicted molar refractivity (Wildman–Crippen MR) is 206 cm³/mol. The molecule has 1 aliphatic heterocycles. The van der Waals surface area contributed by atoms with Gasteiger partial charge in [0, 0.05) is 57.6 Å². The SMILES string of the molecule is O=C1C(/C=C2\Oc3ccccc3N2CCO)=C(SCc2ccc(N(c3ccccc3)c3ccccc3)cc2)C/1=C/c1oc2ccccc2[n+]1CCO. The highest BCUT2D eigenvalue weighted by molar-refractivity contribution is 8.02. The molecule has 1 aliphatic carbocycles. The summed E-state index contributed by atoms with van der Waals surface area (Å²) in [6, 6.07) is 44.3. The van der Waals surface area contributed by atoms with E-state index in [0.29, 0.717) is 53.1 Å². The number of carbonyl (C=O) groups excluding carboxylic acids is 1. The van der Waals surface area contributed by atoms with Crippen molar-refractivity contribution in [3.63, 3.8) is 0 Å². The molecule has 9 heteroatoms. The zero-order valence-electron chi connectivity index (χ0n) is 28.3. The summed E-state index contributed by atoms with van der Waals surface area (Å²) in [4.78, 5) is 18.9. The predicted octanol–water partition coefficient (Wildman–Crippen LogP) is 8.07. The van der Waals surface area contributed by atoms with Crippen molar-refractivity contribution in [3.05, 3.63) is 173 Å². The Morgan fingerprint density at radius 3 is 2.10 bits per heavy atom. The number of ketones is 1. The van der Waals surface area contributed by atoms with Gasteiger partial charge in [0.15, 0.2) is 18.1 Å². The molecule has 1 aromatic heterocycles. The normalized spacial score (nSPS) is 15.3. The van der Waals surface area contributed by atoms with E-state index in [9.17, 15) is 15.0 Å². The highest BCUT2D eigenvalue weighted by Crippen LogP contribution is 2.45. The Balaban J connectivity index is 1.14. The first-order valence-electron chi connectivity index (χ1n) is 17.1. The molecule has 0 bridgehead atoms. The summed E-state index contributed by atoms with van der Waals surface area (Å²) in [7, 11) is 0.